The molecule has 2 aliphatic heterocycles. The van der Waals surface area contributed by atoms with Gasteiger partial charge in [0.25, 0.3) is 5.91 Å². The van der Waals surface area contributed by atoms with Crippen LogP contribution in [0.3, 0.4) is 0 Å². The lowest BCUT2D eigenvalue weighted by molar-refractivity contribution is -0.126. The van der Waals surface area contributed by atoms with Crippen LogP contribution in [-0.2, 0) is 14.4 Å². The molecule has 0 N–H and O–H groups in total. The number of anilines is 2. The number of carbonyl (C=O) groups excluding carboxylic acids is 2. The quantitative estimate of drug-likeness (QED) is 0.537. The van der Waals surface area contributed by atoms with Gasteiger partial charge in [-0.2, -0.15) is 0 Å². The van der Waals surface area contributed by atoms with Gasteiger partial charge in [0, 0.05) is 10.0 Å². The molecule has 5 nitrogen and oxygen atoms in total. The normalized spacial score (nSPS) is 23.2. The zero-order valence-electron chi connectivity index (χ0n) is 15.6. The van der Waals surface area contributed by atoms with E-state index in [1.54, 1.807) is 41.5 Å². The molecule has 2 aliphatic rings. The molecule has 3 aromatic rings. The Kier molecular flexibility index (Phi) is 4.74. The van der Waals surface area contributed by atoms with E-state index in [9.17, 15) is 9.59 Å². The summed E-state index contributed by atoms with van der Waals surface area (Å²) in [4.78, 5) is 33.9. The first kappa shape index (κ1) is 19.1. The lowest BCUT2D eigenvalue weighted by Gasteiger charge is -2.28. The van der Waals surface area contributed by atoms with Crippen LogP contribution in [0, 0.1) is 5.92 Å². The summed E-state index contributed by atoms with van der Waals surface area (Å²) in [6.45, 7) is 0. The highest BCUT2D eigenvalue weighted by Gasteiger charge is 2.60. The zero-order chi connectivity index (χ0) is 20.8. The maximum absolute atomic E-state index is 13.4. The van der Waals surface area contributed by atoms with Gasteiger partial charge in [-0.05, 0) is 54.1 Å². The molecule has 3 aromatic carbocycles. The average molecular weight is 439 g/mol. The fourth-order valence-electron chi connectivity index (χ4n) is 4.06. The molecule has 0 radical (unpaired) electrons. The Morgan fingerprint density at radius 1 is 0.700 bits per heavy atom. The summed E-state index contributed by atoms with van der Waals surface area (Å²) in [6, 6.07) is 22.8. The molecule has 3 atom stereocenters. The summed E-state index contributed by atoms with van der Waals surface area (Å²) in [5.41, 5.74) is 2.09. The number of halogens is 2. The largest absolute Gasteiger partial charge is 0.273 e. The van der Waals surface area contributed by atoms with E-state index in [4.69, 9.17) is 28.0 Å². The highest BCUT2D eigenvalue weighted by molar-refractivity contribution is 6.31. The predicted octanol–water partition coefficient (Wildman–Crippen LogP) is 5.04. The Bertz CT molecular complexity index is 1100. The minimum absolute atomic E-state index is 0.300. The number of imide groups is 1. The van der Waals surface area contributed by atoms with Crippen LogP contribution in [0.1, 0.15) is 11.6 Å². The van der Waals surface area contributed by atoms with Gasteiger partial charge in [-0.25, -0.2) is 9.96 Å². The third kappa shape index (κ3) is 3.06. The number of hydrogen-bond acceptors (Lipinski definition) is 4. The van der Waals surface area contributed by atoms with E-state index < -0.39 is 18.1 Å². The first-order chi connectivity index (χ1) is 14.5. The van der Waals surface area contributed by atoms with E-state index >= 15 is 0 Å². The molecule has 30 heavy (non-hydrogen) atoms. The number of hydroxylamine groups is 1. The number of amides is 2. The summed E-state index contributed by atoms with van der Waals surface area (Å²) in [5, 5.41) is 2.79. The van der Waals surface area contributed by atoms with Gasteiger partial charge in [0.05, 0.1) is 17.4 Å². The van der Waals surface area contributed by atoms with Gasteiger partial charge >= 0.3 is 0 Å². The van der Waals surface area contributed by atoms with Crippen molar-refractivity contribution in [3.05, 3.63) is 94.5 Å². The van der Waals surface area contributed by atoms with Crippen molar-refractivity contribution < 1.29 is 14.4 Å². The number of rotatable bonds is 3. The number of para-hydroxylation sites is 1. The van der Waals surface area contributed by atoms with Crippen molar-refractivity contribution in [3.63, 3.8) is 0 Å². The fourth-order valence-corrected chi connectivity index (χ4v) is 4.31. The number of nitrogens with zero attached hydrogens (tertiary/aromatic N) is 2. The Morgan fingerprint density at radius 2 is 1.30 bits per heavy atom. The maximum Gasteiger partial charge on any atom is 0.266 e. The van der Waals surface area contributed by atoms with Gasteiger partial charge < -0.3 is 0 Å². The molecule has 2 saturated heterocycles. The van der Waals surface area contributed by atoms with E-state index in [0.717, 1.165) is 11.3 Å². The Balaban J connectivity index is 1.58. The van der Waals surface area contributed by atoms with Crippen LogP contribution in [0.15, 0.2) is 78.9 Å². The first-order valence-corrected chi connectivity index (χ1v) is 10.2. The van der Waals surface area contributed by atoms with E-state index in [-0.39, 0.29) is 11.8 Å². The molecule has 3 unspecified atom stereocenters. The molecule has 0 spiro atoms. The van der Waals surface area contributed by atoms with Gasteiger partial charge in [0.15, 0.2) is 6.10 Å². The van der Waals surface area contributed by atoms with Crippen LogP contribution in [-0.4, -0.2) is 17.9 Å². The van der Waals surface area contributed by atoms with Crippen molar-refractivity contribution in [2.45, 2.75) is 12.1 Å². The molecule has 0 saturated carbocycles. The van der Waals surface area contributed by atoms with Crippen LogP contribution in [0.4, 0.5) is 11.4 Å². The number of hydrogen-bond donors (Lipinski definition) is 0. The topological polar surface area (TPSA) is 49.9 Å². The van der Waals surface area contributed by atoms with E-state index in [1.165, 1.54) is 4.90 Å². The van der Waals surface area contributed by atoms with E-state index in [0.29, 0.717) is 15.7 Å². The second-order valence-corrected chi connectivity index (χ2v) is 8.07. The summed E-state index contributed by atoms with van der Waals surface area (Å²) in [6.07, 6.45) is -0.908. The monoisotopic (exact) mass is 438 g/mol. The van der Waals surface area contributed by atoms with E-state index in [2.05, 4.69) is 0 Å². The van der Waals surface area contributed by atoms with Crippen LogP contribution in [0.2, 0.25) is 10.0 Å². The minimum Gasteiger partial charge on any atom is -0.273 e. The standard InChI is InChI=1S/C23H16Cl2N2O3/c24-15-8-6-14(7-9-15)20-19-21(30-27(20)18-4-2-1-3-5-18)23(29)26(22(19)28)17-12-10-16(25)11-13-17/h1-13,19-21H. The molecule has 7 heteroatoms. The lowest BCUT2D eigenvalue weighted by atomic mass is 9.90. The fraction of sp³-hybridized carbons (Fsp3) is 0.130. The van der Waals surface area contributed by atoms with Crippen LogP contribution in [0.25, 0.3) is 0 Å². The number of carbonyl (C=O) groups is 2. The SMILES string of the molecule is O=C1C2ON(c3ccccc3)C(c3ccc(Cl)cc3)C2C(=O)N1c1ccc(Cl)cc1. The molecule has 0 aliphatic carbocycles. The van der Waals surface area contributed by atoms with Crippen molar-refractivity contribution in [1.29, 1.82) is 0 Å². The highest BCUT2D eigenvalue weighted by atomic mass is 35.5. The maximum atomic E-state index is 13.4. The Labute approximate surface area is 183 Å². The zero-order valence-corrected chi connectivity index (χ0v) is 17.1. The number of fused-ring (bicyclic) bond motifs is 1. The first-order valence-electron chi connectivity index (χ1n) is 9.44. The summed E-state index contributed by atoms with van der Waals surface area (Å²) < 4.78 is 0. The molecule has 5 rings (SSSR count). The van der Waals surface area contributed by atoms with Gasteiger partial charge in [0.2, 0.25) is 5.91 Å². The molecule has 0 bridgehead atoms. The average Bonchev–Trinajstić information content (AvgIpc) is 3.27. The van der Waals surface area contributed by atoms with Crippen LogP contribution >= 0.6 is 23.2 Å². The molecule has 0 aromatic heterocycles. The van der Waals surface area contributed by atoms with Crippen LogP contribution in [0.5, 0.6) is 0 Å². The van der Waals surface area contributed by atoms with Crippen molar-refractivity contribution in [2.75, 3.05) is 9.96 Å². The van der Waals surface area contributed by atoms with E-state index in [1.807, 2.05) is 42.5 Å². The number of benzene rings is 3. The Hall–Kier alpha value is -2.86. The van der Waals surface area contributed by atoms with Crippen molar-refractivity contribution >= 4 is 46.4 Å². The lowest BCUT2D eigenvalue weighted by Crippen LogP contribution is -2.37. The van der Waals surface area contributed by atoms with Crippen molar-refractivity contribution in [1.82, 2.24) is 0 Å². The highest BCUT2D eigenvalue weighted by Crippen LogP contribution is 2.47. The second-order valence-electron chi connectivity index (χ2n) is 7.20. The Morgan fingerprint density at radius 3 is 1.93 bits per heavy atom. The third-order valence-corrected chi connectivity index (χ3v) is 5.93. The van der Waals surface area contributed by atoms with Gasteiger partial charge in [-0.1, -0.05) is 53.5 Å². The van der Waals surface area contributed by atoms with Gasteiger partial charge in [0.1, 0.15) is 5.92 Å². The second kappa shape index (κ2) is 7.43. The minimum atomic E-state index is -0.908. The van der Waals surface area contributed by atoms with Crippen molar-refractivity contribution in [2.24, 2.45) is 5.92 Å². The van der Waals surface area contributed by atoms with Crippen molar-refractivity contribution in [3.8, 4) is 0 Å². The molecular formula is C23H16Cl2N2O3. The summed E-state index contributed by atoms with van der Waals surface area (Å²) in [5.74, 6) is -1.37. The smallest absolute Gasteiger partial charge is 0.266 e. The molecule has 150 valence electrons. The predicted molar refractivity (Wildman–Crippen MR) is 115 cm³/mol. The van der Waals surface area contributed by atoms with Crippen LogP contribution < -0.4 is 9.96 Å². The summed E-state index contributed by atoms with van der Waals surface area (Å²) in [7, 11) is 0. The molecule has 2 heterocycles. The summed E-state index contributed by atoms with van der Waals surface area (Å²) >= 11 is 12.0. The van der Waals surface area contributed by atoms with Gasteiger partial charge in [-0.15, -0.1) is 0 Å². The molecule has 2 fully saturated rings. The molecule has 2 amide bonds. The molecular weight excluding hydrogens is 423 g/mol. The van der Waals surface area contributed by atoms with Gasteiger partial charge in [-0.3, -0.25) is 14.4 Å². The third-order valence-electron chi connectivity index (χ3n) is 5.42.